The van der Waals surface area contributed by atoms with Crippen LogP contribution in [0.1, 0.15) is 71.1 Å². The van der Waals surface area contributed by atoms with E-state index < -0.39 is 0 Å². The molecule has 8 aromatic heterocycles. The number of benzene rings is 2. The lowest BCUT2D eigenvalue weighted by Crippen LogP contribution is -2.44. The van der Waals surface area contributed by atoms with Gasteiger partial charge in [0.1, 0.15) is 20.5 Å². The number of fused-ring (bicyclic) bond motifs is 6. The highest BCUT2D eigenvalue weighted by Gasteiger charge is 2.36. The first-order chi connectivity index (χ1) is 41.1. The van der Waals surface area contributed by atoms with Gasteiger partial charge in [0.05, 0.1) is 35.4 Å². The number of hydrogen-bond donors (Lipinski definition) is 1. The highest BCUT2D eigenvalue weighted by Crippen LogP contribution is 2.37. The Labute approximate surface area is 513 Å². The van der Waals surface area contributed by atoms with Crippen molar-refractivity contribution in [3.8, 4) is 34.0 Å². The molecule has 434 valence electrons. The molecule has 0 amide bonds. The van der Waals surface area contributed by atoms with Crippen LogP contribution >= 0.6 is 38.5 Å². The predicted molar refractivity (Wildman–Crippen MR) is 348 cm³/mol. The minimum Gasteiger partial charge on any atom is -0.474 e. The molecule has 10 aromatic rings. The fraction of sp³-hybridized carbons (Fsp3) is 0.373. The summed E-state index contributed by atoms with van der Waals surface area (Å²) >= 11 is 5.74. The van der Waals surface area contributed by atoms with Crippen molar-refractivity contribution >= 4 is 93.5 Å². The molecule has 2 saturated carbocycles. The van der Waals surface area contributed by atoms with E-state index in [1.54, 1.807) is 0 Å². The molecule has 0 atom stereocenters. The summed E-state index contributed by atoms with van der Waals surface area (Å²) in [5, 5.41) is 7.85. The lowest BCUT2D eigenvalue weighted by molar-refractivity contribution is -0.102. The molecule has 4 fully saturated rings. The number of anilines is 2. The molecule has 2 aliphatic heterocycles. The molecule has 0 unspecified atom stereocenters. The van der Waals surface area contributed by atoms with Gasteiger partial charge in [-0.15, -0.1) is 0 Å². The molecule has 2 saturated heterocycles. The Kier molecular flexibility index (Phi) is 18.3. The van der Waals surface area contributed by atoms with Crippen LogP contribution in [0.25, 0.3) is 65.9 Å². The van der Waals surface area contributed by atoms with E-state index in [0.29, 0.717) is 24.0 Å². The molecule has 10 heterocycles. The van der Waals surface area contributed by atoms with E-state index in [1.165, 1.54) is 67.8 Å². The normalized spacial score (nSPS) is 19.1. The molecule has 4 aliphatic rings. The molecule has 2 aromatic carbocycles. The van der Waals surface area contributed by atoms with E-state index >= 15 is 0 Å². The number of halogens is 2. The number of aryl methyl sites for hydroxylation is 2. The lowest BCUT2D eigenvalue weighted by Gasteiger charge is -2.40. The third-order valence-corrected chi connectivity index (χ3v) is 18.0. The first kappa shape index (κ1) is 57.7. The van der Waals surface area contributed by atoms with E-state index in [2.05, 4.69) is 199 Å². The van der Waals surface area contributed by atoms with Gasteiger partial charge in [-0.2, -0.15) is 0 Å². The largest absolute Gasteiger partial charge is 0.474 e. The highest BCUT2D eigenvalue weighted by molar-refractivity contribution is 14.1. The van der Waals surface area contributed by atoms with Crippen molar-refractivity contribution in [1.82, 2.24) is 44.4 Å². The van der Waals surface area contributed by atoms with Crippen molar-refractivity contribution in [1.29, 1.82) is 0 Å². The summed E-state index contributed by atoms with van der Waals surface area (Å²) in [6.07, 6.45) is 27.2. The highest BCUT2D eigenvalue weighted by atomic mass is 127. The Hall–Kier alpha value is -6.77. The van der Waals surface area contributed by atoms with Crippen molar-refractivity contribution < 1.29 is 18.9 Å². The average molecular weight is 1300 g/mol. The molecule has 1 N–H and O–H groups in total. The van der Waals surface area contributed by atoms with Gasteiger partial charge in [0, 0.05) is 183 Å². The van der Waals surface area contributed by atoms with Crippen LogP contribution in [0.2, 0.25) is 0 Å². The Balaban J connectivity index is 0.000000151. The van der Waals surface area contributed by atoms with Crippen molar-refractivity contribution in [3.05, 3.63) is 155 Å². The molecule has 15 nitrogen and oxygen atoms in total. The zero-order valence-corrected chi connectivity index (χ0v) is 52.0. The zero-order chi connectivity index (χ0) is 57.5. The Morgan fingerprint density at radius 3 is 1.40 bits per heavy atom. The topological polar surface area (TPSA) is 143 Å². The van der Waals surface area contributed by atoms with Crippen LogP contribution in [0.5, 0.6) is 11.8 Å². The fourth-order valence-corrected chi connectivity index (χ4v) is 12.9. The average Bonchev–Trinajstić information content (AvgIpc) is 2.27. The molecular formula is C67H73BrIN11O4. The zero-order valence-electron chi connectivity index (χ0n) is 48.3. The molecule has 0 spiro atoms. The molecular weight excluding hydrogens is 1230 g/mol. The number of piperidine rings is 2. The number of aromatic nitrogens is 8. The third kappa shape index (κ3) is 13.3. The standard InChI is InChI=1S/C31H30BrN5O2.C31H30IN5O2.C5H13N/c2*1-36-28-7-10-33-19-27(28)26-4-2-20(14-29(26)36)21-3-5-31(35-18-21)39-25-16-24(17-25)38-23-8-12-37(13-9-23)22-6-11-34-30(32)15-22;1-3-4-5-6-2/h2*2-7,10-11,14-15,18-19,23-25H,8-9,12-13,16-17H2,1H3;6H,3-5H2,1-2H3. The predicted octanol–water partition coefficient (Wildman–Crippen LogP) is 13.9. The van der Waals surface area contributed by atoms with E-state index in [-0.39, 0.29) is 24.4 Å². The van der Waals surface area contributed by atoms with Crippen molar-refractivity contribution in [2.75, 3.05) is 49.6 Å². The third-order valence-electron chi connectivity index (χ3n) is 17.0. The van der Waals surface area contributed by atoms with Gasteiger partial charge >= 0.3 is 0 Å². The number of rotatable bonds is 15. The number of unbranched alkanes of at least 4 members (excludes halogenated alkanes) is 1. The SMILES string of the molecule is CCCCNC.Cn1c2ccncc2c2ccc(-c3ccc(OC4CC(OC5CCN(c6ccnc(Br)c6)CC5)C4)nc3)cc21.Cn1c2ccncc2c2ccc(-c3ccc(OC4CC(OC5CCN(c6ccnc(I)c6)CC5)C4)nc3)cc21. The van der Waals surface area contributed by atoms with Crippen LogP contribution in [0.3, 0.4) is 0 Å². The van der Waals surface area contributed by atoms with Crippen LogP contribution in [0, 0.1) is 3.70 Å². The minimum absolute atomic E-state index is 0.170. The molecule has 0 bridgehead atoms. The summed E-state index contributed by atoms with van der Waals surface area (Å²) in [5.41, 5.74) is 11.7. The fourth-order valence-electron chi connectivity index (χ4n) is 12.1. The smallest absolute Gasteiger partial charge is 0.213 e. The molecule has 17 heteroatoms. The number of ether oxygens (including phenoxy) is 4. The van der Waals surface area contributed by atoms with Crippen LogP contribution in [0.15, 0.2) is 151 Å². The number of pyridine rings is 6. The molecule has 14 rings (SSSR count). The van der Waals surface area contributed by atoms with Gasteiger partial charge in [-0.1, -0.05) is 37.6 Å². The van der Waals surface area contributed by atoms with Gasteiger partial charge in [-0.25, -0.2) is 15.0 Å². The Bertz CT molecular complexity index is 3570. The van der Waals surface area contributed by atoms with Gasteiger partial charge < -0.3 is 43.2 Å². The van der Waals surface area contributed by atoms with Crippen molar-refractivity contribution in [2.24, 2.45) is 14.1 Å². The van der Waals surface area contributed by atoms with Gasteiger partial charge in [-0.05, 0) is 156 Å². The van der Waals surface area contributed by atoms with Crippen LogP contribution in [-0.2, 0) is 23.6 Å². The van der Waals surface area contributed by atoms with Crippen LogP contribution < -0.4 is 24.6 Å². The Morgan fingerprint density at radius 2 is 0.976 bits per heavy atom. The number of nitrogens with one attached hydrogen (secondary N) is 1. The summed E-state index contributed by atoms with van der Waals surface area (Å²) in [7, 11) is 6.19. The summed E-state index contributed by atoms with van der Waals surface area (Å²) in [6.45, 7) is 7.42. The first-order valence-corrected chi connectivity index (χ1v) is 31.6. The van der Waals surface area contributed by atoms with Crippen molar-refractivity contribution in [3.63, 3.8) is 0 Å². The summed E-state index contributed by atoms with van der Waals surface area (Å²) in [5.74, 6) is 1.36. The summed E-state index contributed by atoms with van der Waals surface area (Å²) < 4.78 is 31.5. The Morgan fingerprint density at radius 1 is 0.500 bits per heavy atom. The maximum Gasteiger partial charge on any atom is 0.213 e. The van der Waals surface area contributed by atoms with E-state index in [1.807, 2.05) is 68.8 Å². The van der Waals surface area contributed by atoms with Gasteiger partial charge in [0.25, 0.3) is 0 Å². The molecule has 84 heavy (non-hydrogen) atoms. The van der Waals surface area contributed by atoms with Gasteiger partial charge in [0.15, 0.2) is 0 Å². The second-order valence-electron chi connectivity index (χ2n) is 22.6. The number of hydrogen-bond acceptors (Lipinski definition) is 13. The summed E-state index contributed by atoms with van der Waals surface area (Å²) in [6, 6.07) is 33.8. The van der Waals surface area contributed by atoms with Gasteiger partial charge in [-0.3, -0.25) is 15.0 Å². The minimum atomic E-state index is 0.170. The van der Waals surface area contributed by atoms with E-state index in [0.717, 1.165) is 115 Å². The lowest BCUT2D eigenvalue weighted by atomic mass is 9.91. The first-order valence-electron chi connectivity index (χ1n) is 29.7. The maximum absolute atomic E-state index is 6.40. The van der Waals surface area contributed by atoms with Crippen molar-refractivity contribution in [2.45, 2.75) is 108 Å². The van der Waals surface area contributed by atoms with Crippen LogP contribution in [-0.4, -0.2) is 115 Å². The summed E-state index contributed by atoms with van der Waals surface area (Å²) in [4.78, 5) is 31.2. The van der Waals surface area contributed by atoms with Gasteiger partial charge in [0.2, 0.25) is 11.8 Å². The van der Waals surface area contributed by atoms with E-state index in [4.69, 9.17) is 18.9 Å². The second-order valence-corrected chi connectivity index (χ2v) is 24.5. The monoisotopic (exact) mass is 1300 g/mol. The maximum atomic E-state index is 6.40. The number of nitrogens with zero attached hydrogens (tertiary/aromatic N) is 10. The van der Waals surface area contributed by atoms with Crippen LogP contribution in [0.4, 0.5) is 11.4 Å². The molecule has 0 radical (unpaired) electrons. The molecule has 2 aliphatic carbocycles. The second kappa shape index (κ2) is 26.7. The quantitative estimate of drug-likeness (QED) is 0.0591. The van der Waals surface area contributed by atoms with E-state index in [9.17, 15) is 0 Å².